The lowest BCUT2D eigenvalue weighted by atomic mass is 9.98. The highest BCUT2D eigenvalue weighted by Crippen LogP contribution is 2.33. The van der Waals surface area contributed by atoms with Crippen molar-refractivity contribution in [1.29, 1.82) is 0 Å². The lowest BCUT2D eigenvalue weighted by Crippen LogP contribution is -2.57. The Balaban J connectivity index is 1.59. The van der Waals surface area contributed by atoms with Crippen LogP contribution in [0.3, 0.4) is 0 Å². The Morgan fingerprint density at radius 1 is 0.974 bits per heavy atom. The van der Waals surface area contributed by atoms with E-state index in [2.05, 4.69) is 5.32 Å². The van der Waals surface area contributed by atoms with Crippen LogP contribution in [0.15, 0.2) is 66.7 Å². The molecule has 0 radical (unpaired) electrons. The Bertz CT molecular complexity index is 1380. The van der Waals surface area contributed by atoms with E-state index >= 15 is 0 Å². The maximum atomic E-state index is 13.7. The lowest BCUT2D eigenvalue weighted by molar-refractivity contribution is -0.137. The molecule has 1 saturated heterocycles. The highest BCUT2D eigenvalue weighted by Gasteiger charge is 2.35. The molecule has 204 valence electrons. The van der Waals surface area contributed by atoms with Crippen molar-refractivity contribution < 1.29 is 32.3 Å². The first kappa shape index (κ1) is 27.7. The van der Waals surface area contributed by atoms with Crippen LogP contribution >= 0.6 is 0 Å². The molecule has 3 aromatic rings. The summed E-state index contributed by atoms with van der Waals surface area (Å²) in [5.41, 5.74) is 0.975. The van der Waals surface area contributed by atoms with Gasteiger partial charge >= 0.3 is 6.18 Å². The van der Waals surface area contributed by atoms with Crippen LogP contribution in [0.4, 0.5) is 18.9 Å². The van der Waals surface area contributed by atoms with Crippen LogP contribution in [0.25, 0.3) is 11.1 Å². The van der Waals surface area contributed by atoms with Crippen LogP contribution in [0, 0.1) is 0 Å². The monoisotopic (exact) mass is 539 g/mol. The Morgan fingerprint density at radius 2 is 1.72 bits per heavy atom. The maximum absolute atomic E-state index is 13.7. The third-order valence-electron chi connectivity index (χ3n) is 6.58. The number of para-hydroxylation sites is 1. The molecule has 1 unspecified atom stereocenters. The van der Waals surface area contributed by atoms with Crippen LogP contribution in [-0.4, -0.2) is 67.2 Å². The van der Waals surface area contributed by atoms with Gasteiger partial charge in [0.05, 0.1) is 23.3 Å². The molecule has 1 heterocycles. The number of nitrogens with one attached hydrogen (secondary N) is 1. The minimum Gasteiger partial charge on any atom is -0.493 e. The van der Waals surface area contributed by atoms with E-state index in [9.17, 15) is 27.6 Å². The second-order valence-corrected chi connectivity index (χ2v) is 8.97. The third-order valence-corrected chi connectivity index (χ3v) is 6.58. The first-order valence-corrected chi connectivity index (χ1v) is 12.4. The van der Waals surface area contributed by atoms with E-state index in [1.165, 1.54) is 28.0 Å². The van der Waals surface area contributed by atoms with Gasteiger partial charge in [0, 0.05) is 32.4 Å². The molecule has 0 bridgehead atoms. The van der Waals surface area contributed by atoms with E-state index in [0.717, 1.165) is 12.1 Å². The summed E-state index contributed by atoms with van der Waals surface area (Å²) in [7, 11) is 1.62. The fraction of sp³-hybridized carbons (Fsp3) is 0.276. The number of carbonyl (C=O) groups excluding carboxylic acids is 3. The van der Waals surface area contributed by atoms with Crippen molar-refractivity contribution in [1.82, 2.24) is 9.80 Å². The molecule has 0 aliphatic carbocycles. The fourth-order valence-corrected chi connectivity index (χ4v) is 4.61. The molecule has 0 spiro atoms. The number of rotatable bonds is 7. The highest BCUT2D eigenvalue weighted by molar-refractivity contribution is 6.02. The van der Waals surface area contributed by atoms with Crippen LogP contribution in [0.5, 0.6) is 5.75 Å². The second-order valence-electron chi connectivity index (χ2n) is 8.97. The molecule has 1 N–H and O–H groups in total. The Kier molecular flexibility index (Phi) is 8.23. The fourth-order valence-electron chi connectivity index (χ4n) is 4.61. The normalized spacial score (nSPS) is 15.6. The van der Waals surface area contributed by atoms with Gasteiger partial charge in [-0.1, -0.05) is 30.3 Å². The molecule has 0 saturated carbocycles. The van der Waals surface area contributed by atoms with Crippen LogP contribution in [-0.2, 0) is 11.0 Å². The number of hydrogen-bond donors (Lipinski definition) is 1. The minimum atomic E-state index is -4.50. The number of ether oxygens (including phenoxy) is 1. The number of carbonyl (C=O) groups is 3. The Morgan fingerprint density at radius 3 is 2.41 bits per heavy atom. The Labute approximate surface area is 224 Å². The summed E-state index contributed by atoms with van der Waals surface area (Å²) in [4.78, 5) is 41.9. The van der Waals surface area contributed by atoms with E-state index in [-0.39, 0.29) is 31.1 Å². The third kappa shape index (κ3) is 5.89. The molecule has 1 fully saturated rings. The zero-order valence-electron chi connectivity index (χ0n) is 21.5. The van der Waals surface area contributed by atoms with Gasteiger partial charge < -0.3 is 24.6 Å². The van der Waals surface area contributed by atoms with Gasteiger partial charge in [-0.3, -0.25) is 9.59 Å². The summed E-state index contributed by atoms with van der Waals surface area (Å²) in [5.74, 6) is -0.330. The molecule has 3 aromatic carbocycles. The Hall–Kier alpha value is -4.34. The molecule has 10 heteroatoms. The van der Waals surface area contributed by atoms with E-state index in [0.29, 0.717) is 41.0 Å². The molecule has 39 heavy (non-hydrogen) atoms. The number of aldehydes is 1. The van der Waals surface area contributed by atoms with E-state index < -0.39 is 23.7 Å². The summed E-state index contributed by atoms with van der Waals surface area (Å²) in [6.45, 7) is 2.49. The lowest BCUT2D eigenvalue weighted by Gasteiger charge is -2.39. The van der Waals surface area contributed by atoms with Gasteiger partial charge in [0.15, 0.2) is 0 Å². The predicted octanol–water partition coefficient (Wildman–Crippen LogP) is 4.98. The maximum Gasteiger partial charge on any atom is 0.416 e. The van der Waals surface area contributed by atoms with Crippen molar-refractivity contribution in [3.63, 3.8) is 0 Å². The van der Waals surface area contributed by atoms with Gasteiger partial charge in [0.2, 0.25) is 0 Å². The number of halogens is 3. The number of nitrogens with zero attached hydrogens (tertiary/aromatic N) is 2. The van der Waals surface area contributed by atoms with E-state index in [4.69, 9.17) is 4.74 Å². The molecule has 4 rings (SSSR count). The van der Waals surface area contributed by atoms with Gasteiger partial charge in [-0.2, -0.15) is 13.2 Å². The number of piperazine rings is 1. The summed E-state index contributed by atoms with van der Waals surface area (Å²) in [6, 6.07) is 15.6. The number of alkyl halides is 3. The molecule has 2 amide bonds. The van der Waals surface area contributed by atoms with Crippen molar-refractivity contribution in [3.05, 3.63) is 83.4 Å². The molecule has 1 aliphatic rings. The highest BCUT2D eigenvalue weighted by atomic mass is 19.4. The largest absolute Gasteiger partial charge is 0.493 e. The SMILES string of the molecule is CCOc1ccccc1C(=O)N1CCN(C(=O)c2cc(-c3cccc(C(F)(F)F)c3)ccc2NC)C(C=O)C1. The standard InChI is InChI=1S/C29H28F3N3O4/c1-3-39-26-10-5-4-9-23(26)27(37)34-13-14-35(22(17-34)18-36)28(38)24-16-20(11-12-25(24)33-2)19-7-6-8-21(15-19)29(30,31)32/h4-12,15-16,18,22,33H,3,13-14,17H2,1-2H3. The van der Waals surface area contributed by atoms with Gasteiger partial charge in [-0.25, -0.2) is 0 Å². The van der Waals surface area contributed by atoms with Crippen LogP contribution in [0.2, 0.25) is 0 Å². The van der Waals surface area contributed by atoms with Gasteiger partial charge in [0.1, 0.15) is 18.1 Å². The van der Waals surface area contributed by atoms with Crippen LogP contribution in [0.1, 0.15) is 33.2 Å². The van der Waals surface area contributed by atoms with Gasteiger partial charge in [-0.15, -0.1) is 0 Å². The van der Waals surface area contributed by atoms with E-state index in [1.807, 2.05) is 6.92 Å². The number of anilines is 1. The summed E-state index contributed by atoms with van der Waals surface area (Å²) in [6.07, 6.45) is -3.88. The van der Waals surface area contributed by atoms with Gasteiger partial charge in [0.25, 0.3) is 11.8 Å². The topological polar surface area (TPSA) is 79.0 Å². The average molecular weight is 540 g/mol. The van der Waals surface area contributed by atoms with Crippen molar-refractivity contribution in [3.8, 4) is 16.9 Å². The first-order chi connectivity index (χ1) is 18.7. The molecule has 7 nitrogen and oxygen atoms in total. The van der Waals surface area contributed by atoms with E-state index in [1.54, 1.807) is 43.4 Å². The smallest absolute Gasteiger partial charge is 0.416 e. The van der Waals surface area contributed by atoms with Crippen molar-refractivity contribution in [2.45, 2.75) is 19.1 Å². The van der Waals surface area contributed by atoms with Crippen LogP contribution < -0.4 is 10.1 Å². The zero-order chi connectivity index (χ0) is 28.2. The summed E-state index contributed by atoms with van der Waals surface area (Å²) >= 11 is 0. The predicted molar refractivity (Wildman–Crippen MR) is 141 cm³/mol. The second kappa shape index (κ2) is 11.6. The van der Waals surface area contributed by atoms with Crippen molar-refractivity contribution in [2.24, 2.45) is 0 Å². The summed E-state index contributed by atoms with van der Waals surface area (Å²) in [5, 5.41) is 2.94. The minimum absolute atomic E-state index is 0.00324. The molecule has 1 aliphatic heterocycles. The first-order valence-electron chi connectivity index (χ1n) is 12.4. The van der Waals surface area contributed by atoms with Gasteiger partial charge in [-0.05, 0) is 54.4 Å². The quantitative estimate of drug-likeness (QED) is 0.429. The number of benzene rings is 3. The number of amides is 2. The summed E-state index contributed by atoms with van der Waals surface area (Å²) < 4.78 is 45.3. The molecular formula is C29H28F3N3O4. The van der Waals surface area contributed by atoms with Crippen molar-refractivity contribution >= 4 is 23.8 Å². The van der Waals surface area contributed by atoms with Crippen molar-refractivity contribution in [2.75, 3.05) is 38.6 Å². The molecule has 0 aromatic heterocycles. The zero-order valence-corrected chi connectivity index (χ0v) is 21.5. The molecular weight excluding hydrogens is 511 g/mol. The average Bonchev–Trinajstić information content (AvgIpc) is 2.95. The molecule has 1 atom stereocenters. The number of hydrogen-bond acceptors (Lipinski definition) is 5.